The zero-order valence-corrected chi connectivity index (χ0v) is 10.4. The van der Waals surface area contributed by atoms with Gasteiger partial charge in [0.25, 0.3) is 0 Å². The average molecular weight is 234 g/mol. The lowest BCUT2D eigenvalue weighted by molar-refractivity contribution is 0.227. The number of unbranched alkanes of at least 4 members (excludes halogenated alkanes) is 2. The summed E-state index contributed by atoms with van der Waals surface area (Å²) in [6.07, 6.45) is 8.44. The standard InChI is InChI=1S/C14H18O3/c1-3-4-5-6-11-7-8-12-13(17-11)9-10(2)16-14(12)15/h7-9,11H,3-6H2,1-2H3. The van der Waals surface area contributed by atoms with E-state index in [1.807, 2.05) is 12.2 Å². The number of ether oxygens (including phenoxy) is 1. The lowest BCUT2D eigenvalue weighted by atomic mass is 10.1. The molecule has 0 bridgehead atoms. The highest BCUT2D eigenvalue weighted by Gasteiger charge is 2.18. The molecule has 0 saturated heterocycles. The van der Waals surface area contributed by atoms with Gasteiger partial charge in [-0.2, -0.15) is 0 Å². The van der Waals surface area contributed by atoms with Crippen molar-refractivity contribution in [2.24, 2.45) is 0 Å². The molecule has 1 atom stereocenters. The second-order valence-electron chi connectivity index (χ2n) is 4.43. The molecule has 0 fully saturated rings. The van der Waals surface area contributed by atoms with Gasteiger partial charge < -0.3 is 9.15 Å². The first-order chi connectivity index (χ1) is 8.20. The Balaban J connectivity index is 2.11. The Bertz CT molecular complexity index is 471. The van der Waals surface area contributed by atoms with Crippen molar-refractivity contribution in [3.05, 3.63) is 33.9 Å². The van der Waals surface area contributed by atoms with Crippen LogP contribution in [0.4, 0.5) is 0 Å². The normalized spacial score (nSPS) is 17.6. The third-order valence-electron chi connectivity index (χ3n) is 2.92. The second kappa shape index (κ2) is 5.21. The molecular formula is C14H18O3. The summed E-state index contributed by atoms with van der Waals surface area (Å²) < 4.78 is 10.8. The highest BCUT2D eigenvalue weighted by molar-refractivity contribution is 5.58. The molecule has 92 valence electrons. The van der Waals surface area contributed by atoms with E-state index in [9.17, 15) is 4.79 Å². The van der Waals surface area contributed by atoms with Crippen LogP contribution in [0.1, 0.15) is 43.9 Å². The van der Waals surface area contributed by atoms with E-state index in [4.69, 9.17) is 9.15 Å². The van der Waals surface area contributed by atoms with E-state index in [2.05, 4.69) is 6.92 Å². The SMILES string of the molecule is CCCCCC1C=Cc2c(cc(C)oc2=O)O1. The summed E-state index contributed by atoms with van der Waals surface area (Å²) in [7, 11) is 0. The summed E-state index contributed by atoms with van der Waals surface area (Å²) in [4.78, 5) is 11.6. The van der Waals surface area contributed by atoms with Crippen LogP contribution in [-0.2, 0) is 0 Å². The predicted molar refractivity (Wildman–Crippen MR) is 67.3 cm³/mol. The van der Waals surface area contributed by atoms with Crippen molar-refractivity contribution in [2.45, 2.75) is 45.6 Å². The van der Waals surface area contributed by atoms with Crippen molar-refractivity contribution in [1.82, 2.24) is 0 Å². The molecule has 17 heavy (non-hydrogen) atoms. The molecule has 0 saturated carbocycles. The Labute approximate surface area is 101 Å². The fourth-order valence-corrected chi connectivity index (χ4v) is 2.00. The van der Waals surface area contributed by atoms with Gasteiger partial charge in [-0.05, 0) is 31.9 Å². The molecule has 0 N–H and O–H groups in total. The van der Waals surface area contributed by atoms with Gasteiger partial charge >= 0.3 is 5.63 Å². The monoisotopic (exact) mass is 234 g/mol. The molecule has 0 amide bonds. The molecule has 1 aromatic heterocycles. The molecule has 1 aliphatic rings. The number of hydrogen-bond donors (Lipinski definition) is 0. The van der Waals surface area contributed by atoms with Crippen LogP contribution >= 0.6 is 0 Å². The molecule has 3 heteroatoms. The van der Waals surface area contributed by atoms with Crippen molar-refractivity contribution in [2.75, 3.05) is 0 Å². The highest BCUT2D eigenvalue weighted by atomic mass is 16.5. The van der Waals surface area contributed by atoms with Gasteiger partial charge in [0, 0.05) is 6.07 Å². The first-order valence-corrected chi connectivity index (χ1v) is 6.20. The third kappa shape index (κ3) is 2.78. The molecule has 3 nitrogen and oxygen atoms in total. The summed E-state index contributed by atoms with van der Waals surface area (Å²) in [6, 6.07) is 1.78. The van der Waals surface area contributed by atoms with Crippen LogP contribution in [0.15, 0.2) is 21.4 Å². The predicted octanol–water partition coefficient (Wildman–Crippen LogP) is 3.30. The first kappa shape index (κ1) is 12.0. The van der Waals surface area contributed by atoms with Crippen molar-refractivity contribution >= 4 is 6.08 Å². The van der Waals surface area contributed by atoms with Crippen LogP contribution in [0.3, 0.4) is 0 Å². The van der Waals surface area contributed by atoms with E-state index >= 15 is 0 Å². The van der Waals surface area contributed by atoms with Gasteiger partial charge in [-0.1, -0.05) is 19.8 Å². The summed E-state index contributed by atoms with van der Waals surface area (Å²) in [5.41, 5.74) is 0.214. The summed E-state index contributed by atoms with van der Waals surface area (Å²) >= 11 is 0. The Morgan fingerprint density at radius 3 is 2.94 bits per heavy atom. The van der Waals surface area contributed by atoms with Gasteiger partial charge in [-0.15, -0.1) is 0 Å². The van der Waals surface area contributed by atoms with Crippen LogP contribution in [0.5, 0.6) is 5.75 Å². The Kier molecular flexibility index (Phi) is 3.67. The quantitative estimate of drug-likeness (QED) is 0.750. The van der Waals surface area contributed by atoms with E-state index in [-0.39, 0.29) is 11.7 Å². The van der Waals surface area contributed by atoms with Gasteiger partial charge in [0.1, 0.15) is 23.2 Å². The molecule has 1 aliphatic heterocycles. The van der Waals surface area contributed by atoms with Crippen molar-refractivity contribution in [3.8, 4) is 5.75 Å². The van der Waals surface area contributed by atoms with E-state index in [1.54, 1.807) is 13.0 Å². The molecule has 0 radical (unpaired) electrons. The van der Waals surface area contributed by atoms with Crippen molar-refractivity contribution in [1.29, 1.82) is 0 Å². The number of fused-ring (bicyclic) bond motifs is 1. The Morgan fingerprint density at radius 2 is 2.18 bits per heavy atom. The van der Waals surface area contributed by atoms with Crippen molar-refractivity contribution < 1.29 is 9.15 Å². The van der Waals surface area contributed by atoms with Crippen LogP contribution in [0, 0.1) is 6.92 Å². The second-order valence-corrected chi connectivity index (χ2v) is 4.43. The summed E-state index contributed by atoms with van der Waals surface area (Å²) in [5.74, 6) is 1.25. The van der Waals surface area contributed by atoms with Crippen molar-refractivity contribution in [3.63, 3.8) is 0 Å². The summed E-state index contributed by atoms with van der Waals surface area (Å²) in [6.45, 7) is 3.94. The van der Waals surface area contributed by atoms with Crippen LogP contribution < -0.4 is 10.4 Å². The average Bonchev–Trinajstić information content (AvgIpc) is 2.28. The molecule has 1 unspecified atom stereocenters. The topological polar surface area (TPSA) is 39.4 Å². The van der Waals surface area contributed by atoms with Crippen LogP contribution in [-0.4, -0.2) is 6.10 Å². The molecule has 1 aromatic rings. The maximum atomic E-state index is 11.6. The van der Waals surface area contributed by atoms with E-state index in [0.29, 0.717) is 17.1 Å². The fraction of sp³-hybridized carbons (Fsp3) is 0.500. The molecule has 0 spiro atoms. The van der Waals surface area contributed by atoms with Crippen LogP contribution in [0.25, 0.3) is 6.08 Å². The molecule has 2 heterocycles. The van der Waals surface area contributed by atoms with Gasteiger partial charge in [-0.3, -0.25) is 0 Å². The molecular weight excluding hydrogens is 216 g/mol. The smallest absolute Gasteiger partial charge is 0.346 e. The largest absolute Gasteiger partial charge is 0.485 e. The lowest BCUT2D eigenvalue weighted by Gasteiger charge is -2.20. The third-order valence-corrected chi connectivity index (χ3v) is 2.92. The highest BCUT2D eigenvalue weighted by Crippen LogP contribution is 2.25. The van der Waals surface area contributed by atoms with E-state index in [1.165, 1.54) is 12.8 Å². The lowest BCUT2D eigenvalue weighted by Crippen LogP contribution is -2.20. The van der Waals surface area contributed by atoms with Gasteiger partial charge in [-0.25, -0.2) is 4.79 Å². The van der Waals surface area contributed by atoms with Gasteiger partial charge in [0.2, 0.25) is 0 Å². The zero-order valence-electron chi connectivity index (χ0n) is 10.4. The van der Waals surface area contributed by atoms with E-state index < -0.39 is 0 Å². The van der Waals surface area contributed by atoms with Crippen LogP contribution in [0.2, 0.25) is 0 Å². The number of hydrogen-bond acceptors (Lipinski definition) is 3. The zero-order chi connectivity index (χ0) is 12.3. The first-order valence-electron chi connectivity index (χ1n) is 6.20. The fourth-order valence-electron chi connectivity index (χ4n) is 2.00. The molecule has 0 aliphatic carbocycles. The minimum atomic E-state index is -0.316. The molecule has 2 rings (SSSR count). The minimum absolute atomic E-state index is 0.0928. The van der Waals surface area contributed by atoms with E-state index in [0.717, 1.165) is 12.8 Å². The molecule has 0 aromatic carbocycles. The Hall–Kier alpha value is -1.51. The minimum Gasteiger partial charge on any atom is -0.485 e. The number of aryl methyl sites for hydroxylation is 1. The maximum absolute atomic E-state index is 11.6. The number of rotatable bonds is 4. The van der Waals surface area contributed by atoms with Gasteiger partial charge in [0.05, 0.1) is 0 Å². The maximum Gasteiger partial charge on any atom is 0.346 e. The van der Waals surface area contributed by atoms with Gasteiger partial charge in [0.15, 0.2) is 0 Å². The summed E-state index contributed by atoms with van der Waals surface area (Å²) in [5, 5.41) is 0. The Morgan fingerprint density at radius 1 is 1.35 bits per heavy atom.